The number of nitrogens with one attached hydrogen (secondary N) is 1. The van der Waals surface area contributed by atoms with E-state index in [1.165, 1.54) is 37.0 Å². The lowest BCUT2D eigenvalue weighted by Gasteiger charge is -2.35. The highest BCUT2D eigenvalue weighted by Crippen LogP contribution is 2.50. The molecule has 1 aromatic rings. The van der Waals surface area contributed by atoms with E-state index in [0.717, 1.165) is 19.4 Å². The number of nitrogens with zero attached hydrogens (tertiary/aromatic N) is 1. The number of amides is 1. The maximum atomic E-state index is 12.9. The second-order valence-corrected chi connectivity index (χ2v) is 8.12. The second-order valence-electron chi connectivity index (χ2n) is 7.14. The Morgan fingerprint density at radius 3 is 2.67 bits per heavy atom. The molecule has 21 heavy (non-hydrogen) atoms. The number of thiophene rings is 1. The standard InChI is InChI=1S/C17H24N2OS/c1-2-16(7-3-4-8-16)12-19-14(13-6-5-11-21-13)18-17(9-10-17)15(19)20/h5-6,11,14,18H,2-4,7-10,12H2,1H3. The molecule has 1 aromatic heterocycles. The molecule has 2 saturated carbocycles. The molecule has 114 valence electrons. The summed E-state index contributed by atoms with van der Waals surface area (Å²) in [5, 5.41) is 5.76. The van der Waals surface area contributed by atoms with Crippen LogP contribution in [0, 0.1) is 5.41 Å². The van der Waals surface area contributed by atoms with Crippen molar-refractivity contribution in [3.05, 3.63) is 22.4 Å². The van der Waals surface area contributed by atoms with Gasteiger partial charge in [0.2, 0.25) is 5.91 Å². The molecule has 2 heterocycles. The molecular formula is C17H24N2OS. The molecule has 0 bridgehead atoms. The molecule has 4 rings (SSSR count). The van der Waals surface area contributed by atoms with Gasteiger partial charge in [-0.05, 0) is 49.0 Å². The van der Waals surface area contributed by atoms with Gasteiger partial charge in [0, 0.05) is 11.4 Å². The van der Waals surface area contributed by atoms with Gasteiger partial charge in [-0.2, -0.15) is 0 Å². The maximum Gasteiger partial charge on any atom is 0.244 e. The molecule has 1 spiro atoms. The van der Waals surface area contributed by atoms with E-state index in [4.69, 9.17) is 0 Å². The Kier molecular flexibility index (Phi) is 3.16. The zero-order valence-electron chi connectivity index (χ0n) is 12.7. The predicted molar refractivity (Wildman–Crippen MR) is 85.1 cm³/mol. The third kappa shape index (κ3) is 2.15. The summed E-state index contributed by atoms with van der Waals surface area (Å²) in [7, 11) is 0. The Morgan fingerprint density at radius 2 is 2.10 bits per heavy atom. The average Bonchev–Trinajstić information content (AvgIpc) is 2.88. The largest absolute Gasteiger partial charge is 0.320 e. The molecule has 0 aromatic carbocycles. The van der Waals surface area contributed by atoms with Crippen LogP contribution in [0.2, 0.25) is 0 Å². The van der Waals surface area contributed by atoms with Gasteiger partial charge in [0.15, 0.2) is 0 Å². The smallest absolute Gasteiger partial charge is 0.244 e. The molecule has 1 aliphatic heterocycles. The minimum atomic E-state index is -0.206. The van der Waals surface area contributed by atoms with Gasteiger partial charge in [0.25, 0.3) is 0 Å². The first-order chi connectivity index (χ1) is 10.2. The fraction of sp³-hybridized carbons (Fsp3) is 0.706. The Morgan fingerprint density at radius 1 is 1.33 bits per heavy atom. The number of rotatable bonds is 4. The predicted octanol–water partition coefficient (Wildman–Crippen LogP) is 3.68. The van der Waals surface area contributed by atoms with Crippen molar-refractivity contribution in [2.24, 2.45) is 5.41 Å². The molecule has 1 saturated heterocycles. The first-order valence-electron chi connectivity index (χ1n) is 8.30. The van der Waals surface area contributed by atoms with Crippen LogP contribution in [0.3, 0.4) is 0 Å². The van der Waals surface area contributed by atoms with Crippen LogP contribution in [0.15, 0.2) is 17.5 Å². The summed E-state index contributed by atoms with van der Waals surface area (Å²) >= 11 is 1.76. The van der Waals surface area contributed by atoms with Crippen molar-refractivity contribution in [2.45, 2.75) is 63.6 Å². The molecule has 3 aliphatic rings. The molecule has 4 heteroatoms. The number of carbonyl (C=O) groups excluding carboxylic acids is 1. The van der Waals surface area contributed by atoms with Crippen molar-refractivity contribution in [3.8, 4) is 0 Å². The van der Waals surface area contributed by atoms with Crippen molar-refractivity contribution in [1.82, 2.24) is 10.2 Å². The highest BCUT2D eigenvalue weighted by atomic mass is 32.1. The van der Waals surface area contributed by atoms with Crippen LogP contribution in [0.4, 0.5) is 0 Å². The van der Waals surface area contributed by atoms with E-state index >= 15 is 0 Å². The van der Waals surface area contributed by atoms with Crippen molar-refractivity contribution in [1.29, 1.82) is 0 Å². The van der Waals surface area contributed by atoms with E-state index < -0.39 is 0 Å². The van der Waals surface area contributed by atoms with E-state index in [2.05, 4.69) is 34.7 Å². The molecular weight excluding hydrogens is 280 g/mol. The van der Waals surface area contributed by atoms with Crippen LogP contribution >= 0.6 is 11.3 Å². The summed E-state index contributed by atoms with van der Waals surface area (Å²) in [6.45, 7) is 3.24. The number of hydrogen-bond donors (Lipinski definition) is 1. The van der Waals surface area contributed by atoms with Crippen molar-refractivity contribution >= 4 is 17.2 Å². The maximum absolute atomic E-state index is 12.9. The Bertz CT molecular complexity index is 529. The summed E-state index contributed by atoms with van der Waals surface area (Å²) in [6, 6.07) is 4.25. The molecule has 1 amide bonds. The van der Waals surface area contributed by atoms with E-state index in [1.54, 1.807) is 11.3 Å². The summed E-state index contributed by atoms with van der Waals surface area (Å²) in [4.78, 5) is 16.4. The fourth-order valence-electron chi connectivity index (χ4n) is 4.22. The van der Waals surface area contributed by atoms with Crippen LogP contribution in [0.5, 0.6) is 0 Å². The van der Waals surface area contributed by atoms with Gasteiger partial charge < -0.3 is 4.90 Å². The third-order valence-electron chi connectivity index (χ3n) is 5.88. The van der Waals surface area contributed by atoms with Crippen molar-refractivity contribution in [2.75, 3.05) is 6.54 Å². The summed E-state index contributed by atoms with van der Waals surface area (Å²) in [5.41, 5.74) is 0.162. The lowest BCUT2D eigenvalue weighted by atomic mass is 9.82. The molecule has 3 fully saturated rings. The topological polar surface area (TPSA) is 32.3 Å². The molecule has 3 nitrogen and oxygen atoms in total. The van der Waals surface area contributed by atoms with Crippen LogP contribution in [0.1, 0.15) is 62.9 Å². The number of hydrogen-bond acceptors (Lipinski definition) is 3. The molecule has 1 N–H and O–H groups in total. The Labute approximate surface area is 130 Å². The second kappa shape index (κ2) is 4.82. The quantitative estimate of drug-likeness (QED) is 0.920. The Hall–Kier alpha value is -0.870. The summed E-state index contributed by atoms with van der Waals surface area (Å²) < 4.78 is 0. The summed E-state index contributed by atoms with van der Waals surface area (Å²) in [5.74, 6) is 0.362. The Balaban J connectivity index is 1.62. The first-order valence-corrected chi connectivity index (χ1v) is 9.18. The van der Waals surface area contributed by atoms with Gasteiger partial charge in [0.1, 0.15) is 11.7 Å². The lowest BCUT2D eigenvalue weighted by molar-refractivity contribution is -0.132. The normalized spacial score (nSPS) is 29.5. The van der Waals surface area contributed by atoms with Crippen LogP contribution in [-0.4, -0.2) is 22.9 Å². The van der Waals surface area contributed by atoms with Gasteiger partial charge in [-0.3, -0.25) is 10.1 Å². The van der Waals surface area contributed by atoms with E-state index in [0.29, 0.717) is 11.3 Å². The molecule has 2 aliphatic carbocycles. The SMILES string of the molecule is CCC1(CN2C(=O)C3(CC3)NC2c2cccs2)CCCC1. The highest BCUT2D eigenvalue weighted by Gasteiger charge is 2.60. The van der Waals surface area contributed by atoms with Gasteiger partial charge in [-0.1, -0.05) is 25.8 Å². The zero-order chi connectivity index (χ0) is 14.5. The van der Waals surface area contributed by atoms with Gasteiger partial charge in [0.05, 0.1) is 0 Å². The minimum absolute atomic E-state index is 0.115. The van der Waals surface area contributed by atoms with Crippen LogP contribution in [-0.2, 0) is 4.79 Å². The summed E-state index contributed by atoms with van der Waals surface area (Å²) in [6.07, 6.45) is 8.59. The number of carbonyl (C=O) groups is 1. The lowest BCUT2D eigenvalue weighted by Crippen LogP contribution is -2.40. The van der Waals surface area contributed by atoms with Crippen molar-refractivity contribution < 1.29 is 4.79 Å². The van der Waals surface area contributed by atoms with Crippen molar-refractivity contribution in [3.63, 3.8) is 0 Å². The molecule has 0 radical (unpaired) electrons. The van der Waals surface area contributed by atoms with E-state index in [9.17, 15) is 4.79 Å². The highest BCUT2D eigenvalue weighted by molar-refractivity contribution is 7.10. The molecule has 1 unspecified atom stereocenters. The van der Waals surface area contributed by atoms with E-state index in [-0.39, 0.29) is 11.7 Å². The molecule has 1 atom stereocenters. The fourth-order valence-corrected chi connectivity index (χ4v) is 5.01. The van der Waals surface area contributed by atoms with E-state index in [1.807, 2.05) is 0 Å². The van der Waals surface area contributed by atoms with Gasteiger partial charge in [-0.25, -0.2) is 0 Å². The minimum Gasteiger partial charge on any atom is -0.320 e. The first kappa shape index (κ1) is 13.8. The zero-order valence-corrected chi connectivity index (χ0v) is 13.5. The van der Waals surface area contributed by atoms with Crippen LogP contribution < -0.4 is 5.32 Å². The third-order valence-corrected chi connectivity index (χ3v) is 6.80. The van der Waals surface area contributed by atoms with Gasteiger partial charge in [-0.15, -0.1) is 11.3 Å². The van der Waals surface area contributed by atoms with Crippen LogP contribution in [0.25, 0.3) is 0 Å². The monoisotopic (exact) mass is 304 g/mol. The average molecular weight is 304 g/mol. The van der Waals surface area contributed by atoms with Gasteiger partial charge >= 0.3 is 0 Å².